The topological polar surface area (TPSA) is 98.5 Å². The van der Waals surface area contributed by atoms with Crippen LogP contribution in [0.5, 0.6) is 11.5 Å². The first kappa shape index (κ1) is 24.6. The van der Waals surface area contributed by atoms with E-state index in [1.807, 2.05) is 68.4 Å². The lowest BCUT2D eigenvalue weighted by atomic mass is 9.82. The van der Waals surface area contributed by atoms with Gasteiger partial charge in [0.2, 0.25) is 5.88 Å². The normalized spacial score (nSPS) is 14.4. The molecule has 36 heavy (non-hydrogen) atoms. The van der Waals surface area contributed by atoms with Gasteiger partial charge in [-0.3, -0.25) is 0 Å². The number of allylic oxidation sites excluding steroid dienone is 1. The Kier molecular flexibility index (Phi) is 6.59. The van der Waals surface area contributed by atoms with Crippen molar-refractivity contribution in [3.8, 4) is 28.7 Å². The van der Waals surface area contributed by atoms with Crippen molar-refractivity contribution in [2.24, 2.45) is 5.73 Å². The van der Waals surface area contributed by atoms with Gasteiger partial charge in [-0.15, -0.1) is 0 Å². The monoisotopic (exact) mass is 480 g/mol. The Hall–Kier alpha value is -4.50. The average Bonchev–Trinajstić information content (AvgIpc) is 2.87. The largest absolute Gasteiger partial charge is 0.496 e. The number of aryl methyl sites for hydroxylation is 2. The van der Waals surface area contributed by atoms with E-state index in [0.29, 0.717) is 28.0 Å². The van der Waals surface area contributed by atoms with Crippen LogP contribution in [-0.2, 0) is 6.42 Å². The van der Waals surface area contributed by atoms with Crippen molar-refractivity contribution in [2.75, 3.05) is 7.11 Å². The van der Waals surface area contributed by atoms with Crippen molar-refractivity contribution >= 4 is 11.0 Å². The second-order valence-electron chi connectivity index (χ2n) is 8.52. The molecule has 2 N–H and O–H groups in total. The average molecular weight is 481 g/mol. The van der Waals surface area contributed by atoms with E-state index in [2.05, 4.69) is 6.07 Å². The zero-order chi connectivity index (χ0) is 24.7. The fraction of sp³-hybridized carbons (Fsp3) is 0.200. The molecule has 1 aliphatic heterocycles. The molecule has 0 spiro atoms. The first-order valence-corrected chi connectivity index (χ1v) is 11.4. The lowest BCUT2D eigenvalue weighted by molar-refractivity contribution is 0.388. The molecule has 1 unspecified atom stereocenters. The quantitative estimate of drug-likeness (QED) is 0.350. The Balaban J connectivity index is 0.00000304. The van der Waals surface area contributed by atoms with Crippen LogP contribution in [0.25, 0.3) is 22.1 Å². The van der Waals surface area contributed by atoms with Crippen LogP contribution in [-0.4, -0.2) is 7.11 Å². The van der Waals surface area contributed by atoms with Gasteiger partial charge in [-0.05, 0) is 59.9 Å². The van der Waals surface area contributed by atoms with Crippen molar-refractivity contribution in [1.82, 2.24) is 0 Å². The van der Waals surface area contributed by atoms with Gasteiger partial charge in [-0.25, -0.2) is 4.79 Å². The summed E-state index contributed by atoms with van der Waals surface area (Å²) in [5, 5.41) is 10.7. The summed E-state index contributed by atoms with van der Waals surface area (Å²) in [6.45, 7) is 4.07. The predicted octanol–water partition coefficient (Wildman–Crippen LogP) is 6.19. The second-order valence-corrected chi connectivity index (χ2v) is 8.52. The van der Waals surface area contributed by atoms with E-state index >= 15 is 0 Å². The number of hydrogen-bond acceptors (Lipinski definition) is 6. The second kappa shape index (κ2) is 9.63. The number of nitriles is 1. The third-order valence-corrected chi connectivity index (χ3v) is 6.53. The first-order valence-electron chi connectivity index (χ1n) is 11.4. The summed E-state index contributed by atoms with van der Waals surface area (Å²) in [6.07, 6.45) is 0.806. The molecule has 5 rings (SSSR count). The van der Waals surface area contributed by atoms with Gasteiger partial charge in [-0.1, -0.05) is 50.7 Å². The van der Waals surface area contributed by atoms with E-state index in [1.165, 1.54) is 0 Å². The smallest absolute Gasteiger partial charge is 0.344 e. The Morgan fingerprint density at radius 2 is 1.86 bits per heavy atom. The maximum absolute atomic E-state index is 13.3. The molecule has 0 aliphatic carbocycles. The molecule has 2 heterocycles. The molecule has 0 fully saturated rings. The summed E-state index contributed by atoms with van der Waals surface area (Å²) in [5.41, 5.74) is 11.2. The maximum atomic E-state index is 13.3. The number of rotatable bonds is 4. The van der Waals surface area contributed by atoms with E-state index in [0.717, 1.165) is 28.7 Å². The number of nitrogens with two attached hydrogens (primary N) is 1. The number of ether oxygens (including phenoxy) is 2. The van der Waals surface area contributed by atoms with Crippen LogP contribution in [0.4, 0.5) is 0 Å². The third-order valence-electron chi connectivity index (χ3n) is 6.53. The molecule has 6 heteroatoms. The van der Waals surface area contributed by atoms with Gasteiger partial charge in [0.15, 0.2) is 5.75 Å². The highest BCUT2D eigenvalue weighted by atomic mass is 16.5. The summed E-state index contributed by atoms with van der Waals surface area (Å²) >= 11 is 0. The molecule has 0 amide bonds. The Bertz CT molecular complexity index is 1610. The first-order chi connectivity index (χ1) is 17.0. The standard InChI is InChI=1S/C29H24N2O4.CH4/c1-4-17-9-11-24-21(13-17)27-26(29(32)34-24)25(22(15-30)28(31)35-27)18-10-12-23(33-3)20(14-18)19-8-6-5-7-16(19)2;/h5-14,25H,4,31H2,1-3H3;1H4. The summed E-state index contributed by atoms with van der Waals surface area (Å²) in [5.74, 6) is 0.251. The SMILES string of the molecule is C.CCc1ccc2oc(=O)c3c(c2c1)OC(N)=C(C#N)C3c1ccc(OC)c(-c2ccccc2C)c1. The van der Waals surface area contributed by atoms with E-state index in [1.54, 1.807) is 13.2 Å². The zero-order valence-electron chi connectivity index (χ0n) is 19.7. The van der Waals surface area contributed by atoms with Gasteiger partial charge >= 0.3 is 5.63 Å². The van der Waals surface area contributed by atoms with Crippen molar-refractivity contribution in [1.29, 1.82) is 5.26 Å². The summed E-state index contributed by atoms with van der Waals surface area (Å²) in [6, 6.07) is 21.4. The molecule has 0 bridgehead atoms. The molecule has 182 valence electrons. The Labute approximate surface area is 210 Å². The fourth-order valence-corrected chi connectivity index (χ4v) is 4.71. The van der Waals surface area contributed by atoms with Gasteiger partial charge in [0.25, 0.3) is 0 Å². The highest BCUT2D eigenvalue weighted by Gasteiger charge is 2.36. The molecule has 0 saturated carbocycles. The number of hydrogen-bond donors (Lipinski definition) is 1. The summed E-state index contributed by atoms with van der Waals surface area (Å²) < 4.78 is 17.2. The van der Waals surface area contributed by atoms with Gasteiger partial charge in [0.1, 0.15) is 23.0 Å². The molecule has 0 radical (unpaired) electrons. The lowest BCUT2D eigenvalue weighted by Gasteiger charge is -2.26. The molecule has 1 aromatic heterocycles. The molecule has 1 aliphatic rings. The summed E-state index contributed by atoms with van der Waals surface area (Å²) in [7, 11) is 1.62. The lowest BCUT2D eigenvalue weighted by Crippen LogP contribution is -2.26. The van der Waals surface area contributed by atoms with Crippen LogP contribution in [0, 0.1) is 18.3 Å². The Morgan fingerprint density at radius 1 is 1.08 bits per heavy atom. The van der Waals surface area contributed by atoms with Crippen molar-refractivity contribution in [3.05, 3.63) is 105 Å². The molecule has 1 atom stereocenters. The number of benzene rings is 3. The van der Waals surface area contributed by atoms with E-state index in [4.69, 9.17) is 19.6 Å². The minimum atomic E-state index is -0.747. The van der Waals surface area contributed by atoms with Gasteiger partial charge in [0, 0.05) is 5.56 Å². The molecular weight excluding hydrogens is 452 g/mol. The van der Waals surface area contributed by atoms with Crippen LogP contribution in [0.2, 0.25) is 0 Å². The number of methoxy groups -OCH3 is 1. The van der Waals surface area contributed by atoms with Crippen LogP contribution in [0.15, 0.2) is 81.3 Å². The molecule has 0 saturated heterocycles. The van der Waals surface area contributed by atoms with E-state index in [9.17, 15) is 10.1 Å². The molecule has 4 aromatic rings. The van der Waals surface area contributed by atoms with Crippen LogP contribution in [0.1, 0.15) is 42.5 Å². The highest BCUT2D eigenvalue weighted by Crippen LogP contribution is 2.45. The molecule has 6 nitrogen and oxygen atoms in total. The van der Waals surface area contributed by atoms with Crippen LogP contribution < -0.4 is 20.8 Å². The highest BCUT2D eigenvalue weighted by molar-refractivity contribution is 5.87. The maximum Gasteiger partial charge on any atom is 0.344 e. The van der Waals surface area contributed by atoms with E-state index in [-0.39, 0.29) is 24.4 Å². The van der Waals surface area contributed by atoms with Gasteiger partial charge in [0.05, 0.1) is 24.0 Å². The van der Waals surface area contributed by atoms with Gasteiger partial charge in [-0.2, -0.15) is 5.26 Å². The van der Waals surface area contributed by atoms with Crippen molar-refractivity contribution in [3.63, 3.8) is 0 Å². The van der Waals surface area contributed by atoms with Crippen molar-refractivity contribution < 1.29 is 13.9 Å². The minimum absolute atomic E-state index is 0. The van der Waals surface area contributed by atoms with Crippen LogP contribution in [0.3, 0.4) is 0 Å². The predicted molar refractivity (Wildman–Crippen MR) is 141 cm³/mol. The van der Waals surface area contributed by atoms with Crippen molar-refractivity contribution in [2.45, 2.75) is 33.6 Å². The number of fused-ring (bicyclic) bond motifs is 3. The molecule has 3 aromatic carbocycles. The third kappa shape index (κ3) is 3.89. The summed E-state index contributed by atoms with van der Waals surface area (Å²) in [4.78, 5) is 13.3. The number of nitrogens with zero attached hydrogens (tertiary/aromatic N) is 1. The minimum Gasteiger partial charge on any atom is -0.496 e. The van der Waals surface area contributed by atoms with Gasteiger partial charge < -0.3 is 19.6 Å². The zero-order valence-corrected chi connectivity index (χ0v) is 19.7. The van der Waals surface area contributed by atoms with Crippen LogP contribution >= 0.6 is 0 Å². The molecular formula is C30H28N2O4. The van der Waals surface area contributed by atoms with E-state index < -0.39 is 11.5 Å². The Morgan fingerprint density at radius 3 is 2.56 bits per heavy atom. The fourth-order valence-electron chi connectivity index (χ4n) is 4.71.